The van der Waals surface area contributed by atoms with Crippen molar-refractivity contribution in [3.05, 3.63) is 29.6 Å². The minimum Gasteiger partial charge on any atom is -0.337 e. The number of para-hydroxylation sites is 1. The molecule has 0 aliphatic heterocycles. The summed E-state index contributed by atoms with van der Waals surface area (Å²) >= 11 is 0. The Labute approximate surface area is 78.9 Å². The number of nitrogens with two attached hydrogens (primary N) is 1. The van der Waals surface area contributed by atoms with Crippen molar-refractivity contribution in [2.24, 2.45) is 5.73 Å². The molecule has 0 bridgehead atoms. The van der Waals surface area contributed by atoms with Crippen LogP contribution in [0.4, 0.5) is 8.78 Å². The number of aromatic amines is 1. The standard InChI is InChI=1S/C9H9F2N3/c10-8(11)9-13-6-3-1-2-5(4-12)7(6)14-9/h1-3,8H,4,12H2,(H,13,14). The number of hydrogen-bond donors (Lipinski definition) is 2. The van der Waals surface area contributed by atoms with E-state index < -0.39 is 6.43 Å². The van der Waals surface area contributed by atoms with Crippen molar-refractivity contribution < 1.29 is 8.78 Å². The Balaban J connectivity index is 2.64. The minimum atomic E-state index is -2.58. The molecule has 14 heavy (non-hydrogen) atoms. The number of fused-ring (bicyclic) bond motifs is 1. The van der Waals surface area contributed by atoms with Crippen LogP contribution < -0.4 is 5.73 Å². The van der Waals surface area contributed by atoms with Crippen LogP contribution in [0.25, 0.3) is 11.0 Å². The van der Waals surface area contributed by atoms with Gasteiger partial charge in [0.1, 0.15) is 0 Å². The van der Waals surface area contributed by atoms with E-state index in [0.29, 0.717) is 17.6 Å². The van der Waals surface area contributed by atoms with Gasteiger partial charge in [-0.05, 0) is 11.6 Å². The maximum Gasteiger partial charge on any atom is 0.295 e. The number of hydrogen-bond acceptors (Lipinski definition) is 2. The summed E-state index contributed by atoms with van der Waals surface area (Å²) in [4.78, 5) is 6.35. The van der Waals surface area contributed by atoms with Gasteiger partial charge in [0.25, 0.3) is 6.43 Å². The van der Waals surface area contributed by atoms with Crippen LogP contribution in [0, 0.1) is 0 Å². The summed E-state index contributed by atoms with van der Waals surface area (Å²) in [5, 5.41) is 0. The van der Waals surface area contributed by atoms with Gasteiger partial charge >= 0.3 is 0 Å². The predicted molar refractivity (Wildman–Crippen MR) is 48.9 cm³/mol. The van der Waals surface area contributed by atoms with Crippen molar-refractivity contribution in [2.75, 3.05) is 0 Å². The van der Waals surface area contributed by atoms with Gasteiger partial charge in [-0.1, -0.05) is 12.1 Å². The molecule has 3 N–H and O–H groups in total. The SMILES string of the molecule is NCc1cccc2[nH]c(C(F)F)nc12. The highest BCUT2D eigenvalue weighted by Gasteiger charge is 2.13. The highest BCUT2D eigenvalue weighted by molar-refractivity contribution is 5.78. The molecule has 0 amide bonds. The first kappa shape index (κ1) is 9.08. The van der Waals surface area contributed by atoms with Crippen LogP contribution in [0.3, 0.4) is 0 Å². The molecular weight excluding hydrogens is 188 g/mol. The molecule has 0 saturated carbocycles. The molecule has 5 heteroatoms. The highest BCUT2D eigenvalue weighted by atomic mass is 19.3. The second-order valence-electron chi connectivity index (χ2n) is 2.94. The molecular formula is C9H9F2N3. The molecule has 2 rings (SSSR count). The minimum absolute atomic E-state index is 0.296. The lowest BCUT2D eigenvalue weighted by Gasteiger charge is -1.95. The Hall–Kier alpha value is -1.49. The lowest BCUT2D eigenvalue weighted by molar-refractivity contribution is 0.142. The zero-order valence-electron chi connectivity index (χ0n) is 7.30. The Bertz CT molecular complexity index is 450. The zero-order chi connectivity index (χ0) is 10.1. The Morgan fingerprint density at radius 2 is 2.21 bits per heavy atom. The summed E-state index contributed by atoms with van der Waals surface area (Å²) < 4.78 is 24.6. The Morgan fingerprint density at radius 1 is 1.43 bits per heavy atom. The first-order chi connectivity index (χ1) is 6.72. The third-order valence-electron chi connectivity index (χ3n) is 2.04. The molecule has 1 aromatic carbocycles. The maximum absolute atomic E-state index is 12.3. The normalized spacial score (nSPS) is 11.4. The van der Waals surface area contributed by atoms with E-state index >= 15 is 0 Å². The molecule has 2 aromatic rings. The van der Waals surface area contributed by atoms with Crippen molar-refractivity contribution in [1.29, 1.82) is 0 Å². The number of imidazole rings is 1. The van der Waals surface area contributed by atoms with Crippen LogP contribution in [-0.2, 0) is 6.54 Å². The predicted octanol–water partition coefficient (Wildman–Crippen LogP) is 1.96. The molecule has 0 unspecified atom stereocenters. The Kier molecular flexibility index (Phi) is 2.17. The van der Waals surface area contributed by atoms with Gasteiger partial charge in [0.15, 0.2) is 5.82 Å². The number of H-pyrrole nitrogens is 1. The molecule has 74 valence electrons. The highest BCUT2D eigenvalue weighted by Crippen LogP contribution is 2.21. The number of benzene rings is 1. The summed E-state index contributed by atoms with van der Waals surface area (Å²) in [7, 11) is 0. The van der Waals surface area contributed by atoms with E-state index in [2.05, 4.69) is 9.97 Å². The fourth-order valence-corrected chi connectivity index (χ4v) is 1.38. The molecule has 0 aliphatic carbocycles. The number of alkyl halides is 2. The number of aromatic nitrogens is 2. The number of rotatable bonds is 2. The molecule has 0 spiro atoms. The topological polar surface area (TPSA) is 54.7 Å². The molecule has 1 heterocycles. The van der Waals surface area contributed by atoms with E-state index in [9.17, 15) is 8.78 Å². The number of halogens is 2. The largest absolute Gasteiger partial charge is 0.337 e. The van der Waals surface area contributed by atoms with Crippen molar-refractivity contribution in [3.8, 4) is 0 Å². The summed E-state index contributed by atoms with van der Waals surface area (Å²) in [6.45, 7) is 0.296. The van der Waals surface area contributed by atoms with E-state index in [1.54, 1.807) is 18.2 Å². The number of nitrogens with zero attached hydrogens (tertiary/aromatic N) is 1. The fourth-order valence-electron chi connectivity index (χ4n) is 1.38. The smallest absolute Gasteiger partial charge is 0.295 e. The first-order valence-electron chi connectivity index (χ1n) is 4.18. The molecule has 0 fully saturated rings. The van der Waals surface area contributed by atoms with Gasteiger partial charge in [-0.15, -0.1) is 0 Å². The van der Waals surface area contributed by atoms with Gasteiger partial charge in [-0.2, -0.15) is 0 Å². The molecule has 0 saturated heterocycles. The van der Waals surface area contributed by atoms with E-state index in [4.69, 9.17) is 5.73 Å². The van der Waals surface area contributed by atoms with E-state index in [1.165, 1.54) is 0 Å². The van der Waals surface area contributed by atoms with Crippen molar-refractivity contribution >= 4 is 11.0 Å². The molecule has 0 atom stereocenters. The first-order valence-corrected chi connectivity index (χ1v) is 4.18. The average Bonchev–Trinajstić information content (AvgIpc) is 2.60. The van der Waals surface area contributed by atoms with Gasteiger partial charge in [0, 0.05) is 6.54 Å². The van der Waals surface area contributed by atoms with E-state index in [-0.39, 0.29) is 5.82 Å². The monoisotopic (exact) mass is 197 g/mol. The number of nitrogens with one attached hydrogen (secondary N) is 1. The summed E-state index contributed by atoms with van der Waals surface area (Å²) in [5.74, 6) is -0.305. The molecule has 0 aliphatic rings. The third kappa shape index (κ3) is 1.35. The van der Waals surface area contributed by atoms with Crippen LogP contribution in [-0.4, -0.2) is 9.97 Å². The van der Waals surface area contributed by atoms with Crippen LogP contribution in [0.2, 0.25) is 0 Å². The maximum atomic E-state index is 12.3. The van der Waals surface area contributed by atoms with Crippen LogP contribution >= 0.6 is 0 Å². The lowest BCUT2D eigenvalue weighted by Crippen LogP contribution is -1.96. The van der Waals surface area contributed by atoms with Crippen LogP contribution in [0.15, 0.2) is 18.2 Å². The van der Waals surface area contributed by atoms with Crippen LogP contribution in [0.5, 0.6) is 0 Å². The van der Waals surface area contributed by atoms with Gasteiger partial charge in [0.05, 0.1) is 11.0 Å². The van der Waals surface area contributed by atoms with Gasteiger partial charge in [-0.25, -0.2) is 13.8 Å². The average molecular weight is 197 g/mol. The molecule has 1 aromatic heterocycles. The second-order valence-corrected chi connectivity index (χ2v) is 2.94. The zero-order valence-corrected chi connectivity index (χ0v) is 7.30. The lowest BCUT2D eigenvalue weighted by atomic mass is 10.2. The van der Waals surface area contributed by atoms with Gasteiger partial charge in [-0.3, -0.25) is 0 Å². The fraction of sp³-hybridized carbons (Fsp3) is 0.222. The van der Waals surface area contributed by atoms with Gasteiger partial charge < -0.3 is 10.7 Å². The van der Waals surface area contributed by atoms with Crippen molar-refractivity contribution in [3.63, 3.8) is 0 Å². The Morgan fingerprint density at radius 3 is 2.86 bits per heavy atom. The summed E-state index contributed by atoms with van der Waals surface area (Å²) in [6.07, 6.45) is -2.58. The third-order valence-corrected chi connectivity index (χ3v) is 2.04. The summed E-state index contributed by atoms with van der Waals surface area (Å²) in [5.41, 5.74) is 7.36. The van der Waals surface area contributed by atoms with Crippen molar-refractivity contribution in [1.82, 2.24) is 9.97 Å². The molecule has 3 nitrogen and oxygen atoms in total. The summed E-state index contributed by atoms with van der Waals surface area (Å²) in [6, 6.07) is 5.24. The molecule has 0 radical (unpaired) electrons. The van der Waals surface area contributed by atoms with E-state index in [1.807, 2.05) is 0 Å². The second kappa shape index (κ2) is 3.34. The van der Waals surface area contributed by atoms with E-state index in [0.717, 1.165) is 5.56 Å². The van der Waals surface area contributed by atoms with Crippen LogP contribution in [0.1, 0.15) is 17.8 Å². The quantitative estimate of drug-likeness (QED) is 0.773. The van der Waals surface area contributed by atoms with Crippen molar-refractivity contribution in [2.45, 2.75) is 13.0 Å². The van der Waals surface area contributed by atoms with Gasteiger partial charge in [0.2, 0.25) is 0 Å².